The predicted octanol–water partition coefficient (Wildman–Crippen LogP) is 1.73. The van der Waals surface area contributed by atoms with Crippen molar-refractivity contribution in [3.8, 4) is 0 Å². The van der Waals surface area contributed by atoms with E-state index in [2.05, 4.69) is 37.7 Å². The van der Waals surface area contributed by atoms with E-state index in [1.165, 1.54) is 0 Å². The summed E-state index contributed by atoms with van der Waals surface area (Å²) in [7, 11) is -3.11. The smallest absolute Gasteiger partial charge is 0.211 e. The van der Waals surface area contributed by atoms with Crippen LogP contribution in [0.1, 0.15) is 47.5 Å². The quantitative estimate of drug-likeness (QED) is 0.624. The standard InChI is InChI=1S/C12H28N2O2S/c1-10(2)9-12(5)14-17(15,16)8-6-7-13-11(3)4/h10-14H,6-9H2,1-5H3. The second-order valence-corrected chi connectivity index (χ2v) is 7.30. The molecule has 0 bridgehead atoms. The van der Waals surface area contributed by atoms with Gasteiger partial charge in [0.15, 0.2) is 0 Å². The molecular weight excluding hydrogens is 236 g/mol. The maximum Gasteiger partial charge on any atom is 0.211 e. The van der Waals surface area contributed by atoms with Gasteiger partial charge in [0.1, 0.15) is 0 Å². The molecule has 0 radical (unpaired) electrons. The van der Waals surface area contributed by atoms with E-state index in [4.69, 9.17) is 0 Å². The lowest BCUT2D eigenvalue weighted by atomic mass is 10.1. The summed E-state index contributed by atoms with van der Waals surface area (Å²) in [6.45, 7) is 11.0. The van der Waals surface area contributed by atoms with E-state index in [0.717, 1.165) is 13.0 Å². The Morgan fingerprint density at radius 1 is 1.06 bits per heavy atom. The minimum absolute atomic E-state index is 0.0260. The van der Waals surface area contributed by atoms with Gasteiger partial charge in [-0.3, -0.25) is 0 Å². The molecule has 1 unspecified atom stereocenters. The van der Waals surface area contributed by atoms with Gasteiger partial charge in [0.05, 0.1) is 5.75 Å². The monoisotopic (exact) mass is 264 g/mol. The zero-order chi connectivity index (χ0) is 13.5. The van der Waals surface area contributed by atoms with E-state index in [9.17, 15) is 8.42 Å². The van der Waals surface area contributed by atoms with Crippen LogP contribution in [0.5, 0.6) is 0 Å². The molecule has 17 heavy (non-hydrogen) atoms. The van der Waals surface area contributed by atoms with Gasteiger partial charge in [0.25, 0.3) is 0 Å². The zero-order valence-corrected chi connectivity index (χ0v) is 12.6. The molecule has 0 amide bonds. The number of nitrogens with one attached hydrogen (secondary N) is 2. The predicted molar refractivity (Wildman–Crippen MR) is 73.6 cm³/mol. The van der Waals surface area contributed by atoms with Gasteiger partial charge >= 0.3 is 0 Å². The molecule has 0 aliphatic heterocycles. The molecule has 4 nitrogen and oxygen atoms in total. The van der Waals surface area contributed by atoms with E-state index in [1.807, 2.05) is 6.92 Å². The van der Waals surface area contributed by atoms with Crippen LogP contribution in [-0.2, 0) is 10.0 Å². The summed E-state index contributed by atoms with van der Waals surface area (Å²) < 4.78 is 26.2. The molecule has 0 rings (SSSR count). The van der Waals surface area contributed by atoms with Gasteiger partial charge in [-0.2, -0.15) is 0 Å². The van der Waals surface area contributed by atoms with Gasteiger partial charge in [-0.15, -0.1) is 0 Å². The fraction of sp³-hybridized carbons (Fsp3) is 1.00. The molecular formula is C12H28N2O2S. The first-order chi connectivity index (χ1) is 7.73. The average molecular weight is 264 g/mol. The Hall–Kier alpha value is -0.130. The largest absolute Gasteiger partial charge is 0.314 e. The molecule has 0 aromatic heterocycles. The van der Waals surface area contributed by atoms with Crippen LogP contribution in [0.3, 0.4) is 0 Å². The number of sulfonamides is 1. The minimum Gasteiger partial charge on any atom is -0.314 e. The van der Waals surface area contributed by atoms with Crippen LogP contribution in [0.4, 0.5) is 0 Å². The molecule has 1 atom stereocenters. The molecule has 0 aromatic carbocycles. The molecule has 2 N–H and O–H groups in total. The summed E-state index contributed by atoms with van der Waals surface area (Å²) in [5.41, 5.74) is 0. The molecule has 0 aromatic rings. The SMILES string of the molecule is CC(C)CC(C)NS(=O)(=O)CCCNC(C)C. The Bertz CT molecular complexity index is 287. The Balaban J connectivity index is 3.87. The fourth-order valence-electron chi connectivity index (χ4n) is 1.77. The Labute approximate surface area is 107 Å². The van der Waals surface area contributed by atoms with Crippen LogP contribution in [0, 0.1) is 5.92 Å². The highest BCUT2D eigenvalue weighted by molar-refractivity contribution is 7.89. The van der Waals surface area contributed by atoms with Crippen molar-refractivity contribution in [2.24, 2.45) is 5.92 Å². The highest BCUT2D eigenvalue weighted by atomic mass is 32.2. The van der Waals surface area contributed by atoms with Crippen molar-refractivity contribution in [3.05, 3.63) is 0 Å². The van der Waals surface area contributed by atoms with Crippen molar-refractivity contribution in [1.29, 1.82) is 0 Å². The molecule has 0 aliphatic rings. The van der Waals surface area contributed by atoms with Crippen molar-refractivity contribution in [3.63, 3.8) is 0 Å². The first-order valence-electron chi connectivity index (χ1n) is 6.46. The van der Waals surface area contributed by atoms with Crippen LogP contribution in [0.25, 0.3) is 0 Å². The van der Waals surface area contributed by atoms with E-state index < -0.39 is 10.0 Å². The lowest BCUT2D eigenvalue weighted by molar-refractivity contribution is 0.481. The van der Waals surface area contributed by atoms with Gasteiger partial charge in [-0.05, 0) is 32.2 Å². The normalized spacial score (nSPS) is 14.5. The first-order valence-corrected chi connectivity index (χ1v) is 8.11. The summed E-state index contributed by atoms with van der Waals surface area (Å²) >= 11 is 0. The third-order valence-corrected chi connectivity index (χ3v) is 3.94. The average Bonchev–Trinajstić information content (AvgIpc) is 2.09. The number of hydrogen-bond donors (Lipinski definition) is 2. The Kier molecular flexibility index (Phi) is 8.00. The van der Waals surface area contributed by atoms with E-state index in [-0.39, 0.29) is 11.8 Å². The van der Waals surface area contributed by atoms with Gasteiger partial charge in [-0.1, -0.05) is 27.7 Å². The molecule has 5 heteroatoms. The van der Waals surface area contributed by atoms with Crippen LogP contribution in [0.2, 0.25) is 0 Å². The first kappa shape index (κ1) is 16.9. The van der Waals surface area contributed by atoms with Crippen molar-refractivity contribution >= 4 is 10.0 Å². The number of hydrogen-bond acceptors (Lipinski definition) is 3. The molecule has 0 aliphatic carbocycles. The second kappa shape index (κ2) is 8.06. The van der Waals surface area contributed by atoms with Crippen LogP contribution in [0.15, 0.2) is 0 Å². The van der Waals surface area contributed by atoms with Gasteiger partial charge in [0.2, 0.25) is 10.0 Å². The lowest BCUT2D eigenvalue weighted by Crippen LogP contribution is -2.36. The third-order valence-electron chi connectivity index (χ3n) is 2.35. The van der Waals surface area contributed by atoms with Crippen molar-refractivity contribution in [1.82, 2.24) is 10.0 Å². The lowest BCUT2D eigenvalue weighted by Gasteiger charge is -2.16. The second-order valence-electron chi connectivity index (χ2n) is 5.43. The van der Waals surface area contributed by atoms with E-state index in [0.29, 0.717) is 18.4 Å². The molecule has 0 heterocycles. The molecule has 0 saturated heterocycles. The zero-order valence-electron chi connectivity index (χ0n) is 11.8. The van der Waals surface area contributed by atoms with Crippen LogP contribution in [-0.4, -0.2) is 32.8 Å². The summed E-state index contributed by atoms with van der Waals surface area (Å²) in [6.07, 6.45) is 1.53. The summed E-state index contributed by atoms with van der Waals surface area (Å²) in [4.78, 5) is 0. The molecule has 104 valence electrons. The maximum absolute atomic E-state index is 11.7. The topological polar surface area (TPSA) is 58.2 Å². The molecule has 0 saturated carbocycles. The highest BCUT2D eigenvalue weighted by Crippen LogP contribution is 2.05. The van der Waals surface area contributed by atoms with Crippen LogP contribution >= 0.6 is 0 Å². The molecule has 0 fully saturated rings. The minimum atomic E-state index is -3.11. The molecule has 0 spiro atoms. The summed E-state index contributed by atoms with van der Waals surface area (Å²) in [6, 6.07) is 0.434. The Morgan fingerprint density at radius 3 is 2.12 bits per heavy atom. The van der Waals surface area contributed by atoms with Gasteiger partial charge in [0, 0.05) is 12.1 Å². The van der Waals surface area contributed by atoms with Crippen molar-refractivity contribution in [2.45, 2.75) is 59.5 Å². The van der Waals surface area contributed by atoms with Gasteiger partial charge in [-0.25, -0.2) is 13.1 Å². The maximum atomic E-state index is 11.7. The van der Waals surface area contributed by atoms with Gasteiger partial charge < -0.3 is 5.32 Å². The fourth-order valence-corrected chi connectivity index (χ4v) is 3.13. The van der Waals surface area contributed by atoms with E-state index >= 15 is 0 Å². The van der Waals surface area contributed by atoms with Crippen molar-refractivity contribution < 1.29 is 8.42 Å². The third kappa shape index (κ3) is 10.7. The Morgan fingerprint density at radius 2 is 1.65 bits per heavy atom. The van der Waals surface area contributed by atoms with Crippen LogP contribution < -0.4 is 10.0 Å². The number of rotatable bonds is 9. The summed E-state index contributed by atoms with van der Waals surface area (Å²) in [5.74, 6) is 0.713. The van der Waals surface area contributed by atoms with Crippen molar-refractivity contribution in [2.75, 3.05) is 12.3 Å². The van der Waals surface area contributed by atoms with E-state index in [1.54, 1.807) is 0 Å². The summed E-state index contributed by atoms with van der Waals surface area (Å²) in [5, 5.41) is 3.21. The highest BCUT2D eigenvalue weighted by Gasteiger charge is 2.14.